The van der Waals surface area contributed by atoms with Crippen molar-refractivity contribution in [2.75, 3.05) is 18.8 Å². The number of carbonyl (C=O) groups is 1. The fourth-order valence-electron chi connectivity index (χ4n) is 2.00. The highest BCUT2D eigenvalue weighted by Crippen LogP contribution is 2.16. The predicted molar refractivity (Wildman–Crippen MR) is 78.0 cm³/mol. The molecule has 0 aliphatic carbocycles. The van der Waals surface area contributed by atoms with E-state index in [0.29, 0.717) is 19.5 Å². The van der Waals surface area contributed by atoms with Crippen LogP contribution < -0.4 is 5.32 Å². The van der Waals surface area contributed by atoms with Crippen LogP contribution in [0.15, 0.2) is 0 Å². The number of carbonyl (C=O) groups excluding carboxylic acids is 1. The Balaban J connectivity index is 2.64. The largest absolute Gasteiger partial charge is 0.444 e. The number of alkyl carbamates (subject to hydrolysis) is 1. The minimum absolute atomic E-state index is 0.123. The molecule has 6 nitrogen and oxygen atoms in total. The number of nitrogens with one attached hydrogen (secondary N) is 1. The molecule has 1 aliphatic rings. The molecule has 0 radical (unpaired) electrons. The summed E-state index contributed by atoms with van der Waals surface area (Å²) in [6.07, 6.45) is 0.146. The molecule has 0 bridgehead atoms. The summed E-state index contributed by atoms with van der Waals surface area (Å²) >= 11 is 0. The van der Waals surface area contributed by atoms with Gasteiger partial charge in [0, 0.05) is 19.1 Å². The number of hydrogen-bond acceptors (Lipinski definition) is 4. The van der Waals surface area contributed by atoms with E-state index in [4.69, 9.17) is 4.74 Å². The molecular formula is C13H26N2O4S. The third-order valence-electron chi connectivity index (χ3n) is 3.11. The highest BCUT2D eigenvalue weighted by atomic mass is 32.2. The molecule has 1 fully saturated rings. The standard InChI is InChI=1S/C13H26N2O4S/c1-10(2)11(14-12(16)19-13(3,4)5)9-15-7-6-8-20(15,17)18/h10-11H,6-9H2,1-5H3,(H,14,16)/t11-/m1/s1. The van der Waals surface area contributed by atoms with Crippen LogP contribution in [0.4, 0.5) is 4.79 Å². The summed E-state index contributed by atoms with van der Waals surface area (Å²) in [7, 11) is -3.15. The average molecular weight is 306 g/mol. The van der Waals surface area contributed by atoms with Crippen molar-refractivity contribution >= 4 is 16.1 Å². The monoisotopic (exact) mass is 306 g/mol. The van der Waals surface area contributed by atoms with Gasteiger partial charge in [-0.1, -0.05) is 13.8 Å². The summed E-state index contributed by atoms with van der Waals surface area (Å²) in [6, 6.07) is -0.252. The van der Waals surface area contributed by atoms with Crippen LogP contribution in [-0.2, 0) is 14.8 Å². The zero-order valence-electron chi connectivity index (χ0n) is 13.0. The second-order valence-corrected chi connectivity index (χ2v) is 8.61. The molecule has 0 aromatic rings. The van der Waals surface area contributed by atoms with E-state index in [0.717, 1.165) is 0 Å². The number of nitrogens with zero attached hydrogens (tertiary/aromatic N) is 1. The van der Waals surface area contributed by atoms with E-state index in [2.05, 4.69) is 5.32 Å². The minimum atomic E-state index is -3.15. The summed E-state index contributed by atoms with van der Waals surface area (Å²) in [5.41, 5.74) is -0.564. The van der Waals surface area contributed by atoms with Gasteiger partial charge in [0.25, 0.3) is 0 Å². The van der Waals surface area contributed by atoms with Crippen molar-refractivity contribution in [3.63, 3.8) is 0 Å². The van der Waals surface area contributed by atoms with Gasteiger partial charge in [-0.15, -0.1) is 0 Å². The molecule has 1 aliphatic heterocycles. The van der Waals surface area contributed by atoms with Crippen molar-refractivity contribution < 1.29 is 17.9 Å². The molecule has 0 spiro atoms. The lowest BCUT2D eigenvalue weighted by molar-refractivity contribution is 0.0483. The first-order valence-corrected chi connectivity index (χ1v) is 8.59. The van der Waals surface area contributed by atoms with Crippen molar-refractivity contribution in [3.05, 3.63) is 0 Å². The van der Waals surface area contributed by atoms with Crippen LogP contribution in [0, 0.1) is 5.92 Å². The molecule has 20 heavy (non-hydrogen) atoms. The van der Waals surface area contributed by atoms with E-state index >= 15 is 0 Å². The molecule has 7 heteroatoms. The predicted octanol–water partition coefficient (Wildman–Crippen LogP) is 1.57. The normalized spacial score (nSPS) is 20.9. The quantitative estimate of drug-likeness (QED) is 0.855. The number of hydrogen-bond donors (Lipinski definition) is 1. The van der Waals surface area contributed by atoms with Crippen molar-refractivity contribution in [3.8, 4) is 0 Å². The van der Waals surface area contributed by atoms with Crippen LogP contribution >= 0.6 is 0 Å². The lowest BCUT2D eigenvalue weighted by Crippen LogP contribution is -2.48. The van der Waals surface area contributed by atoms with Gasteiger partial charge >= 0.3 is 6.09 Å². The van der Waals surface area contributed by atoms with Crippen molar-refractivity contribution in [2.45, 2.75) is 52.7 Å². The van der Waals surface area contributed by atoms with E-state index in [1.165, 1.54) is 4.31 Å². The van der Waals surface area contributed by atoms with Gasteiger partial charge in [-0.2, -0.15) is 4.31 Å². The maximum atomic E-state index is 11.8. The van der Waals surface area contributed by atoms with Crippen LogP contribution in [0.25, 0.3) is 0 Å². The van der Waals surface area contributed by atoms with E-state index < -0.39 is 21.7 Å². The topological polar surface area (TPSA) is 75.7 Å². The molecule has 0 aromatic heterocycles. The molecule has 1 saturated heterocycles. The fourth-order valence-corrected chi connectivity index (χ4v) is 3.54. The van der Waals surface area contributed by atoms with Crippen molar-refractivity contribution in [2.24, 2.45) is 5.92 Å². The minimum Gasteiger partial charge on any atom is -0.444 e. The van der Waals surface area contributed by atoms with Crippen LogP contribution in [0.3, 0.4) is 0 Å². The highest BCUT2D eigenvalue weighted by Gasteiger charge is 2.32. The average Bonchev–Trinajstić information content (AvgIpc) is 2.54. The lowest BCUT2D eigenvalue weighted by atomic mass is 10.0. The molecule has 1 rings (SSSR count). The molecule has 118 valence electrons. The molecule has 0 unspecified atom stereocenters. The Kier molecular flexibility index (Phi) is 5.43. The zero-order valence-corrected chi connectivity index (χ0v) is 13.8. The molecule has 0 aromatic carbocycles. The molecule has 1 amide bonds. The van der Waals surface area contributed by atoms with Crippen LogP contribution in [0.2, 0.25) is 0 Å². The first-order chi connectivity index (χ1) is 9.01. The van der Waals surface area contributed by atoms with Gasteiger partial charge in [-0.3, -0.25) is 0 Å². The Labute approximate surface area is 121 Å². The Bertz CT molecular complexity index is 440. The summed E-state index contributed by atoms with van der Waals surface area (Å²) < 4.78 is 30.3. The lowest BCUT2D eigenvalue weighted by Gasteiger charge is -2.28. The van der Waals surface area contributed by atoms with Gasteiger partial charge in [0.1, 0.15) is 5.60 Å². The maximum Gasteiger partial charge on any atom is 0.407 e. The van der Waals surface area contributed by atoms with Gasteiger partial charge in [0.05, 0.1) is 5.75 Å². The Morgan fingerprint density at radius 3 is 2.35 bits per heavy atom. The van der Waals surface area contributed by atoms with Crippen LogP contribution in [-0.4, -0.2) is 49.3 Å². The molecular weight excluding hydrogens is 280 g/mol. The Morgan fingerprint density at radius 1 is 1.35 bits per heavy atom. The zero-order chi connectivity index (χ0) is 15.6. The number of amides is 1. The van der Waals surface area contributed by atoms with Gasteiger partial charge < -0.3 is 10.1 Å². The Hall–Kier alpha value is -0.820. The van der Waals surface area contributed by atoms with Gasteiger partial charge in [0.15, 0.2) is 0 Å². The van der Waals surface area contributed by atoms with Crippen LogP contribution in [0.1, 0.15) is 41.0 Å². The third kappa shape index (κ3) is 5.28. The Morgan fingerprint density at radius 2 is 1.95 bits per heavy atom. The van der Waals surface area contributed by atoms with Gasteiger partial charge in [-0.25, -0.2) is 13.2 Å². The first kappa shape index (κ1) is 17.2. The fraction of sp³-hybridized carbons (Fsp3) is 0.923. The van der Waals surface area contributed by atoms with E-state index in [1.807, 2.05) is 13.8 Å². The highest BCUT2D eigenvalue weighted by molar-refractivity contribution is 7.89. The van der Waals surface area contributed by atoms with Gasteiger partial charge in [0.2, 0.25) is 10.0 Å². The summed E-state index contributed by atoms with van der Waals surface area (Å²) in [5.74, 6) is 0.322. The SMILES string of the molecule is CC(C)[C@@H](CN1CCCS1(=O)=O)NC(=O)OC(C)(C)C. The summed E-state index contributed by atoms with van der Waals surface area (Å²) in [5, 5.41) is 2.77. The van der Waals surface area contributed by atoms with Gasteiger partial charge in [-0.05, 0) is 33.1 Å². The third-order valence-corrected chi connectivity index (χ3v) is 5.03. The number of sulfonamides is 1. The molecule has 1 N–H and O–H groups in total. The van der Waals surface area contributed by atoms with Crippen molar-refractivity contribution in [1.29, 1.82) is 0 Å². The molecule has 1 heterocycles. The number of rotatable bonds is 4. The second-order valence-electron chi connectivity index (χ2n) is 6.52. The van der Waals surface area contributed by atoms with E-state index in [1.54, 1.807) is 20.8 Å². The molecule has 0 saturated carbocycles. The molecule has 1 atom stereocenters. The summed E-state index contributed by atoms with van der Waals surface area (Å²) in [6.45, 7) is 10.1. The van der Waals surface area contributed by atoms with E-state index in [-0.39, 0.29) is 17.7 Å². The maximum absolute atomic E-state index is 11.8. The van der Waals surface area contributed by atoms with Crippen molar-refractivity contribution in [1.82, 2.24) is 9.62 Å². The van der Waals surface area contributed by atoms with E-state index in [9.17, 15) is 13.2 Å². The smallest absolute Gasteiger partial charge is 0.407 e. The first-order valence-electron chi connectivity index (χ1n) is 6.98. The van der Waals surface area contributed by atoms with Crippen LogP contribution in [0.5, 0.6) is 0 Å². The number of ether oxygens (including phenoxy) is 1. The summed E-state index contributed by atoms with van der Waals surface area (Å²) in [4.78, 5) is 11.8. The second kappa shape index (κ2) is 6.30.